The quantitative estimate of drug-likeness (QED) is 0.571. The molecule has 7 heteroatoms. The monoisotopic (exact) mass is 400 g/mol. The lowest BCUT2D eigenvalue weighted by molar-refractivity contribution is 0.803. The van der Waals surface area contributed by atoms with E-state index in [-0.39, 0.29) is 0 Å². The number of rotatable bonds is 6. The molecule has 0 aliphatic rings. The molecule has 22 heavy (non-hydrogen) atoms. The Morgan fingerprint density at radius 1 is 1.27 bits per heavy atom. The van der Waals surface area contributed by atoms with E-state index in [9.17, 15) is 0 Å². The Hall–Kier alpha value is -0.920. The third-order valence-electron chi connectivity index (χ3n) is 3.08. The van der Waals surface area contributed by atoms with E-state index in [1.54, 1.807) is 22.7 Å². The molecule has 2 rings (SSSR count). The average Bonchev–Trinajstić information content (AvgIpc) is 3.03. The number of thiophene rings is 1. The summed E-state index contributed by atoms with van der Waals surface area (Å²) in [5.41, 5.74) is 1.11. The van der Waals surface area contributed by atoms with E-state index >= 15 is 0 Å². The Morgan fingerprint density at radius 3 is 2.68 bits per heavy atom. The molecule has 0 aliphatic heterocycles. The number of hydrogen-bond acceptors (Lipinski definition) is 4. The highest BCUT2D eigenvalue weighted by Crippen LogP contribution is 2.22. The van der Waals surface area contributed by atoms with Gasteiger partial charge in [-0.25, -0.2) is 9.98 Å². The summed E-state index contributed by atoms with van der Waals surface area (Å²) in [6.45, 7) is 8.57. The third kappa shape index (κ3) is 5.37. The van der Waals surface area contributed by atoms with Crippen LogP contribution in [0.25, 0.3) is 0 Å². The smallest absolute Gasteiger partial charge is 0.191 e. The summed E-state index contributed by atoms with van der Waals surface area (Å²) >= 11 is 6.99. The van der Waals surface area contributed by atoms with Gasteiger partial charge in [0.05, 0.1) is 16.0 Å². The Labute approximate surface area is 148 Å². The molecule has 2 heterocycles. The van der Waals surface area contributed by atoms with Gasteiger partial charge in [0, 0.05) is 22.8 Å². The number of nitrogens with one attached hydrogen (secondary N) is 2. The van der Waals surface area contributed by atoms with Crippen molar-refractivity contribution in [3.05, 3.63) is 36.4 Å². The molecule has 2 N–H and O–H groups in total. The minimum Gasteiger partial charge on any atom is -0.357 e. The van der Waals surface area contributed by atoms with Crippen molar-refractivity contribution in [3.8, 4) is 0 Å². The molecule has 0 spiro atoms. The molecule has 0 aromatic carbocycles. The molecule has 120 valence electrons. The fourth-order valence-corrected chi connectivity index (χ4v) is 4.23. The number of aromatic nitrogens is 1. The van der Waals surface area contributed by atoms with Crippen molar-refractivity contribution >= 4 is 44.6 Å². The first-order valence-electron chi connectivity index (χ1n) is 7.27. The minimum atomic E-state index is 0.624. The van der Waals surface area contributed by atoms with Gasteiger partial charge in [0.1, 0.15) is 5.01 Å². The van der Waals surface area contributed by atoms with E-state index in [4.69, 9.17) is 0 Å². The predicted molar refractivity (Wildman–Crippen MR) is 100 cm³/mol. The molecular weight excluding hydrogens is 380 g/mol. The summed E-state index contributed by atoms with van der Waals surface area (Å²) in [6, 6.07) is 4.24. The van der Waals surface area contributed by atoms with E-state index in [1.165, 1.54) is 13.5 Å². The maximum absolute atomic E-state index is 4.61. The van der Waals surface area contributed by atoms with Crippen LogP contribution in [0.5, 0.6) is 0 Å². The zero-order valence-corrected chi connectivity index (χ0v) is 16.3. The average molecular weight is 401 g/mol. The van der Waals surface area contributed by atoms with Crippen LogP contribution in [0.15, 0.2) is 20.9 Å². The number of thiazole rings is 1. The summed E-state index contributed by atoms with van der Waals surface area (Å²) in [5, 5.41) is 7.72. The molecule has 0 aliphatic carbocycles. The standard InChI is InChI=1S/C15H21BrN4S2/c1-4-17-15(18-8-7-12-5-6-13(16)22-12)19-9-14-20-10(2)11(3)21-14/h5-6H,4,7-9H2,1-3H3,(H2,17,18,19). The minimum absolute atomic E-state index is 0.624. The molecule has 0 amide bonds. The highest BCUT2D eigenvalue weighted by molar-refractivity contribution is 9.11. The topological polar surface area (TPSA) is 49.3 Å². The van der Waals surface area contributed by atoms with Crippen molar-refractivity contribution in [3.63, 3.8) is 0 Å². The first kappa shape index (κ1) is 17.4. The largest absolute Gasteiger partial charge is 0.357 e. The molecule has 4 nitrogen and oxygen atoms in total. The fourth-order valence-electron chi connectivity index (χ4n) is 1.89. The van der Waals surface area contributed by atoms with Gasteiger partial charge in [-0.05, 0) is 55.3 Å². The van der Waals surface area contributed by atoms with Crippen LogP contribution in [0.4, 0.5) is 0 Å². The number of nitrogens with zero attached hydrogens (tertiary/aromatic N) is 2. The van der Waals surface area contributed by atoms with Gasteiger partial charge < -0.3 is 10.6 Å². The first-order valence-corrected chi connectivity index (χ1v) is 9.70. The lowest BCUT2D eigenvalue weighted by Crippen LogP contribution is -2.38. The molecule has 0 atom stereocenters. The van der Waals surface area contributed by atoms with E-state index in [1.807, 2.05) is 6.92 Å². The predicted octanol–water partition coefficient (Wildman–Crippen LogP) is 3.88. The van der Waals surface area contributed by atoms with Crippen molar-refractivity contribution in [2.45, 2.75) is 33.7 Å². The van der Waals surface area contributed by atoms with Gasteiger partial charge in [-0.3, -0.25) is 0 Å². The van der Waals surface area contributed by atoms with Crippen LogP contribution in [-0.4, -0.2) is 24.0 Å². The number of aryl methyl sites for hydroxylation is 2. The summed E-state index contributed by atoms with van der Waals surface area (Å²) in [4.78, 5) is 11.8. The maximum atomic E-state index is 4.61. The maximum Gasteiger partial charge on any atom is 0.191 e. The van der Waals surface area contributed by atoms with Crippen LogP contribution in [-0.2, 0) is 13.0 Å². The van der Waals surface area contributed by atoms with Crippen LogP contribution < -0.4 is 10.6 Å². The summed E-state index contributed by atoms with van der Waals surface area (Å²) in [5.74, 6) is 0.851. The summed E-state index contributed by atoms with van der Waals surface area (Å²) < 4.78 is 1.18. The Kier molecular flexibility index (Phi) is 6.85. The molecule has 2 aromatic heterocycles. The second-order valence-electron chi connectivity index (χ2n) is 4.83. The summed E-state index contributed by atoms with van der Waals surface area (Å²) in [7, 11) is 0. The van der Waals surface area contributed by atoms with Crippen LogP contribution >= 0.6 is 38.6 Å². The molecule has 0 bridgehead atoms. The molecule has 2 aromatic rings. The van der Waals surface area contributed by atoms with Crippen molar-refractivity contribution in [2.75, 3.05) is 13.1 Å². The molecule has 0 saturated heterocycles. The molecule has 0 unspecified atom stereocenters. The highest BCUT2D eigenvalue weighted by Gasteiger charge is 2.04. The van der Waals surface area contributed by atoms with Gasteiger partial charge >= 0.3 is 0 Å². The third-order valence-corrected chi connectivity index (χ3v) is 5.82. The SMILES string of the molecule is CCNC(=NCc1nc(C)c(C)s1)NCCc1ccc(Br)s1. The Bertz CT molecular complexity index is 614. The van der Waals surface area contributed by atoms with Crippen LogP contribution in [0.2, 0.25) is 0 Å². The van der Waals surface area contributed by atoms with Gasteiger partial charge in [0.25, 0.3) is 0 Å². The number of hydrogen-bond donors (Lipinski definition) is 2. The van der Waals surface area contributed by atoms with Crippen LogP contribution in [0, 0.1) is 13.8 Å². The van der Waals surface area contributed by atoms with Crippen molar-refractivity contribution < 1.29 is 0 Å². The number of aliphatic imine (C=N–C) groups is 1. The number of halogens is 1. The second-order valence-corrected chi connectivity index (χ2v) is 8.66. The van der Waals surface area contributed by atoms with E-state index in [0.717, 1.165) is 36.2 Å². The fraction of sp³-hybridized carbons (Fsp3) is 0.467. The van der Waals surface area contributed by atoms with Crippen molar-refractivity contribution in [1.82, 2.24) is 15.6 Å². The number of guanidine groups is 1. The van der Waals surface area contributed by atoms with E-state index in [2.05, 4.69) is 62.5 Å². The second kappa shape index (κ2) is 8.64. The zero-order valence-electron chi connectivity index (χ0n) is 13.1. The van der Waals surface area contributed by atoms with Crippen molar-refractivity contribution in [1.29, 1.82) is 0 Å². The van der Waals surface area contributed by atoms with Gasteiger partial charge in [-0.2, -0.15) is 0 Å². The van der Waals surface area contributed by atoms with Gasteiger partial charge in [-0.15, -0.1) is 22.7 Å². The molecule has 0 saturated carbocycles. The van der Waals surface area contributed by atoms with Gasteiger partial charge in [-0.1, -0.05) is 0 Å². The van der Waals surface area contributed by atoms with Gasteiger partial charge in [0.2, 0.25) is 0 Å². The molecule has 0 fully saturated rings. The van der Waals surface area contributed by atoms with Crippen molar-refractivity contribution in [2.24, 2.45) is 4.99 Å². The summed E-state index contributed by atoms with van der Waals surface area (Å²) in [6.07, 6.45) is 0.996. The zero-order chi connectivity index (χ0) is 15.9. The lowest BCUT2D eigenvalue weighted by Gasteiger charge is -2.10. The van der Waals surface area contributed by atoms with Crippen LogP contribution in [0.3, 0.4) is 0 Å². The Morgan fingerprint density at radius 2 is 2.09 bits per heavy atom. The van der Waals surface area contributed by atoms with Crippen LogP contribution in [0.1, 0.15) is 27.4 Å². The Balaban J connectivity index is 1.86. The highest BCUT2D eigenvalue weighted by atomic mass is 79.9. The van der Waals surface area contributed by atoms with E-state index < -0.39 is 0 Å². The lowest BCUT2D eigenvalue weighted by atomic mass is 10.3. The van der Waals surface area contributed by atoms with E-state index in [0.29, 0.717) is 6.54 Å². The van der Waals surface area contributed by atoms with Gasteiger partial charge in [0.15, 0.2) is 5.96 Å². The first-order chi connectivity index (χ1) is 10.6. The normalized spacial score (nSPS) is 11.7. The molecular formula is C15H21BrN4S2. The molecule has 0 radical (unpaired) electrons.